The van der Waals surface area contributed by atoms with Crippen LogP contribution in [0.1, 0.15) is 12.6 Å². The number of nitrogens with zero attached hydrogens (tertiary/aromatic N) is 2. The Balaban J connectivity index is 2.00. The summed E-state index contributed by atoms with van der Waals surface area (Å²) < 4.78 is 15.4. The Bertz CT molecular complexity index is 754. The number of halogens is 1. The van der Waals surface area contributed by atoms with Crippen molar-refractivity contribution in [2.24, 2.45) is 0 Å². The third-order valence-electron chi connectivity index (χ3n) is 3.15. The van der Waals surface area contributed by atoms with E-state index in [0.29, 0.717) is 0 Å². The van der Waals surface area contributed by atoms with Gasteiger partial charge in [0.1, 0.15) is 16.5 Å². The first kappa shape index (κ1) is 14.1. The fourth-order valence-corrected chi connectivity index (χ4v) is 3.12. The van der Waals surface area contributed by atoms with Crippen LogP contribution in [-0.2, 0) is 6.54 Å². The molecule has 2 aromatic heterocycles. The van der Waals surface area contributed by atoms with Gasteiger partial charge < -0.3 is 9.72 Å². The largest absolute Gasteiger partial charge is 0.311 e. The molecule has 3 aromatic rings. The molecule has 1 N–H and O–H groups in total. The summed E-state index contributed by atoms with van der Waals surface area (Å²) in [5.41, 5.74) is 2.01. The molecule has 21 heavy (non-hydrogen) atoms. The van der Waals surface area contributed by atoms with E-state index in [-0.39, 0.29) is 5.82 Å². The predicted molar refractivity (Wildman–Crippen MR) is 83.1 cm³/mol. The number of fused-ring (bicyclic) bond motifs is 1. The average Bonchev–Trinajstić information content (AvgIpc) is 2.82. The van der Waals surface area contributed by atoms with E-state index in [4.69, 9.17) is 0 Å². The molecule has 3 rings (SSSR count). The number of rotatable bonds is 5. The molecule has 108 valence electrons. The Hall–Kier alpha value is -1.85. The average molecular weight is 301 g/mol. The highest BCUT2D eigenvalue weighted by Gasteiger charge is 2.13. The van der Waals surface area contributed by atoms with E-state index in [1.165, 1.54) is 23.9 Å². The minimum atomic E-state index is -0.225. The first-order valence-electron chi connectivity index (χ1n) is 6.88. The van der Waals surface area contributed by atoms with E-state index in [1.54, 1.807) is 6.07 Å². The fraction of sp³-hybridized carbons (Fsp3) is 0.188. The van der Waals surface area contributed by atoms with Gasteiger partial charge in [-0.05, 0) is 36.9 Å². The smallest absolute Gasteiger partial charge is 0.138 e. The summed E-state index contributed by atoms with van der Waals surface area (Å²) in [5, 5.41) is 4.24. The molecule has 0 spiro atoms. The Labute approximate surface area is 127 Å². The monoisotopic (exact) mass is 301 g/mol. The molecule has 0 fully saturated rings. The molecule has 0 atom stereocenters. The van der Waals surface area contributed by atoms with Crippen molar-refractivity contribution in [1.29, 1.82) is 0 Å². The number of benzene rings is 1. The number of aromatic nitrogens is 2. The van der Waals surface area contributed by atoms with Gasteiger partial charge in [0, 0.05) is 17.6 Å². The third kappa shape index (κ3) is 3.09. The van der Waals surface area contributed by atoms with Crippen molar-refractivity contribution in [3.05, 3.63) is 60.2 Å². The Morgan fingerprint density at radius 1 is 1.24 bits per heavy atom. The number of hydrogen-bond acceptors (Lipinski definition) is 3. The van der Waals surface area contributed by atoms with E-state index in [9.17, 15) is 4.39 Å². The number of nitrogens with one attached hydrogen (secondary N) is 1. The highest BCUT2D eigenvalue weighted by Crippen LogP contribution is 2.30. The van der Waals surface area contributed by atoms with Crippen molar-refractivity contribution in [3.8, 4) is 0 Å². The second-order valence-electron chi connectivity index (χ2n) is 4.63. The Morgan fingerprint density at radius 2 is 2.14 bits per heavy atom. The summed E-state index contributed by atoms with van der Waals surface area (Å²) in [6, 6.07) is 12.5. The maximum Gasteiger partial charge on any atom is 0.138 e. The van der Waals surface area contributed by atoms with Gasteiger partial charge in [0.05, 0.1) is 5.69 Å². The van der Waals surface area contributed by atoms with Crippen molar-refractivity contribution in [3.63, 3.8) is 0 Å². The molecule has 5 heteroatoms. The highest BCUT2D eigenvalue weighted by atomic mass is 32.2. The van der Waals surface area contributed by atoms with Crippen molar-refractivity contribution >= 4 is 17.4 Å². The lowest BCUT2D eigenvalue weighted by Gasteiger charge is -2.05. The molecule has 0 aliphatic heterocycles. The van der Waals surface area contributed by atoms with Crippen LogP contribution in [0.5, 0.6) is 0 Å². The topological polar surface area (TPSA) is 29.3 Å². The van der Waals surface area contributed by atoms with Crippen molar-refractivity contribution in [2.45, 2.75) is 23.4 Å². The molecule has 0 saturated carbocycles. The molecule has 0 saturated heterocycles. The van der Waals surface area contributed by atoms with Crippen molar-refractivity contribution in [1.82, 2.24) is 14.7 Å². The quantitative estimate of drug-likeness (QED) is 0.778. The Morgan fingerprint density at radius 3 is 2.95 bits per heavy atom. The molecule has 0 bridgehead atoms. The zero-order valence-electron chi connectivity index (χ0n) is 11.7. The van der Waals surface area contributed by atoms with E-state index in [2.05, 4.69) is 21.6 Å². The molecule has 0 aliphatic rings. The third-order valence-corrected chi connectivity index (χ3v) is 4.16. The maximum atomic E-state index is 13.3. The number of imidazole rings is 1. The SMILES string of the molecule is CCNCc1c(Sc2cccc(F)c2)nc2ccccn12. The zero-order chi connectivity index (χ0) is 14.7. The van der Waals surface area contributed by atoms with Crippen LogP contribution in [0.4, 0.5) is 4.39 Å². The van der Waals surface area contributed by atoms with Crippen molar-refractivity contribution in [2.75, 3.05) is 6.54 Å². The van der Waals surface area contributed by atoms with Gasteiger partial charge in [-0.25, -0.2) is 9.37 Å². The van der Waals surface area contributed by atoms with Gasteiger partial charge in [0.2, 0.25) is 0 Å². The molecule has 0 radical (unpaired) electrons. The van der Waals surface area contributed by atoms with Gasteiger partial charge in [-0.15, -0.1) is 0 Å². The summed E-state index contributed by atoms with van der Waals surface area (Å²) in [6.45, 7) is 3.70. The Kier molecular flexibility index (Phi) is 4.22. The molecular formula is C16H16FN3S. The second kappa shape index (κ2) is 6.28. The van der Waals surface area contributed by atoms with Crippen LogP contribution in [0.15, 0.2) is 58.6 Å². The van der Waals surface area contributed by atoms with Gasteiger partial charge in [-0.2, -0.15) is 0 Å². The molecule has 1 aromatic carbocycles. The van der Waals surface area contributed by atoms with Crippen LogP contribution in [0.25, 0.3) is 5.65 Å². The fourth-order valence-electron chi connectivity index (χ4n) is 2.15. The van der Waals surface area contributed by atoms with Crippen LogP contribution in [0, 0.1) is 5.82 Å². The standard InChI is InChI=1S/C16H16FN3S/c1-2-18-11-14-16(19-15-8-3-4-9-20(14)15)21-13-7-5-6-12(17)10-13/h3-10,18H,2,11H2,1H3. The lowest BCUT2D eigenvalue weighted by atomic mass is 10.4. The van der Waals surface area contributed by atoms with E-state index >= 15 is 0 Å². The van der Waals surface area contributed by atoms with Gasteiger partial charge in [0.15, 0.2) is 0 Å². The lowest BCUT2D eigenvalue weighted by molar-refractivity contribution is 0.624. The second-order valence-corrected chi connectivity index (χ2v) is 5.69. The van der Waals surface area contributed by atoms with E-state index in [0.717, 1.165) is 34.4 Å². The number of hydrogen-bond donors (Lipinski definition) is 1. The van der Waals surface area contributed by atoms with Gasteiger partial charge in [-0.1, -0.05) is 30.8 Å². The van der Waals surface area contributed by atoms with Crippen LogP contribution in [0.3, 0.4) is 0 Å². The molecular weight excluding hydrogens is 285 g/mol. The summed E-state index contributed by atoms with van der Waals surface area (Å²) in [6.07, 6.45) is 2.00. The zero-order valence-corrected chi connectivity index (χ0v) is 12.5. The minimum Gasteiger partial charge on any atom is -0.311 e. The molecule has 0 amide bonds. The molecule has 3 nitrogen and oxygen atoms in total. The predicted octanol–water partition coefficient (Wildman–Crippen LogP) is 3.73. The summed E-state index contributed by atoms with van der Waals surface area (Å²) in [7, 11) is 0. The highest BCUT2D eigenvalue weighted by molar-refractivity contribution is 7.99. The summed E-state index contributed by atoms with van der Waals surface area (Å²) >= 11 is 1.49. The van der Waals surface area contributed by atoms with Crippen LogP contribution in [-0.4, -0.2) is 15.9 Å². The van der Waals surface area contributed by atoms with Crippen molar-refractivity contribution < 1.29 is 4.39 Å². The first-order chi connectivity index (χ1) is 10.3. The number of pyridine rings is 1. The van der Waals surface area contributed by atoms with Crippen LogP contribution >= 0.6 is 11.8 Å². The molecule has 0 aliphatic carbocycles. The van der Waals surface area contributed by atoms with Gasteiger partial charge >= 0.3 is 0 Å². The van der Waals surface area contributed by atoms with E-state index < -0.39 is 0 Å². The maximum absolute atomic E-state index is 13.3. The van der Waals surface area contributed by atoms with Gasteiger partial charge in [-0.3, -0.25) is 0 Å². The van der Waals surface area contributed by atoms with E-state index in [1.807, 2.05) is 30.5 Å². The first-order valence-corrected chi connectivity index (χ1v) is 7.69. The summed E-state index contributed by atoms with van der Waals surface area (Å²) in [5.74, 6) is -0.225. The minimum absolute atomic E-state index is 0.225. The van der Waals surface area contributed by atoms with Gasteiger partial charge in [0.25, 0.3) is 0 Å². The normalized spacial score (nSPS) is 11.1. The van der Waals surface area contributed by atoms with Crippen LogP contribution < -0.4 is 5.32 Å². The molecule has 2 heterocycles. The molecule has 0 unspecified atom stereocenters. The summed E-state index contributed by atoms with van der Waals surface area (Å²) in [4.78, 5) is 5.51. The van der Waals surface area contributed by atoms with Crippen LogP contribution in [0.2, 0.25) is 0 Å². The lowest BCUT2D eigenvalue weighted by Crippen LogP contribution is -2.13.